The maximum Gasteiger partial charge on any atom is 0.327 e. The number of aliphatic hydroxyl groups is 1. The fraction of sp³-hybridized carbons (Fsp3) is 0.381. The fourth-order valence-corrected chi connectivity index (χ4v) is 6.26. The molecule has 0 saturated carbocycles. The number of amides is 1. The summed E-state index contributed by atoms with van der Waals surface area (Å²) < 4.78 is 6.42. The predicted octanol–water partition coefficient (Wildman–Crippen LogP) is 2.47. The van der Waals surface area contributed by atoms with Gasteiger partial charge in [0.15, 0.2) is 0 Å². The van der Waals surface area contributed by atoms with Crippen LogP contribution in [0.15, 0.2) is 47.3 Å². The van der Waals surface area contributed by atoms with Crippen LogP contribution >= 0.6 is 11.8 Å². The molecular formula is C21H21N3O5S. The van der Waals surface area contributed by atoms with Crippen LogP contribution in [-0.4, -0.2) is 52.7 Å². The molecule has 2 aromatic heterocycles. The Labute approximate surface area is 176 Å². The summed E-state index contributed by atoms with van der Waals surface area (Å²) in [6.45, 7) is 4.08. The molecule has 4 atom stereocenters. The lowest BCUT2D eigenvalue weighted by atomic mass is 9.87. The standard InChI is InChI=1S/C21H21N3O5S/c1-21(2)16(20(27)28)24-18(26)14(19(24)30-21)15(25)17-22-12-5-3-4-6-13(12)23(17)9-11-7-8-29-10-11/h3-8,10,14-16,19,25H,9H2,1-2H3,(H,27,28)/t14-,15+,16+,19-/m1/s1. The van der Waals surface area contributed by atoms with Gasteiger partial charge in [-0.15, -0.1) is 11.8 Å². The molecule has 0 radical (unpaired) electrons. The maximum absolute atomic E-state index is 12.9. The van der Waals surface area contributed by atoms with Crippen molar-refractivity contribution in [3.05, 3.63) is 54.2 Å². The number of hydrogen-bond acceptors (Lipinski definition) is 6. The van der Waals surface area contributed by atoms with Gasteiger partial charge in [-0.3, -0.25) is 4.79 Å². The van der Waals surface area contributed by atoms with Gasteiger partial charge < -0.3 is 24.1 Å². The topological polar surface area (TPSA) is 109 Å². The van der Waals surface area contributed by atoms with Crippen molar-refractivity contribution in [2.45, 2.75) is 42.7 Å². The van der Waals surface area contributed by atoms with Crippen LogP contribution in [0.3, 0.4) is 0 Å². The Kier molecular flexibility index (Phi) is 4.23. The molecule has 30 heavy (non-hydrogen) atoms. The number of carbonyl (C=O) groups is 2. The van der Waals surface area contributed by atoms with E-state index in [0.717, 1.165) is 16.6 Å². The second-order valence-electron chi connectivity index (χ2n) is 8.25. The highest BCUT2D eigenvalue weighted by Crippen LogP contribution is 2.56. The second kappa shape index (κ2) is 6.61. The number of nitrogens with zero attached hydrogens (tertiary/aromatic N) is 3. The molecule has 1 aromatic carbocycles. The van der Waals surface area contributed by atoms with Crippen molar-refractivity contribution < 1.29 is 24.2 Å². The summed E-state index contributed by atoms with van der Waals surface area (Å²) in [5.74, 6) is -1.71. The van der Waals surface area contributed by atoms with Gasteiger partial charge in [-0.2, -0.15) is 0 Å². The van der Waals surface area contributed by atoms with Crippen LogP contribution < -0.4 is 0 Å². The predicted molar refractivity (Wildman–Crippen MR) is 110 cm³/mol. The highest BCUT2D eigenvalue weighted by molar-refractivity contribution is 8.01. The number of carboxylic acids is 1. The van der Waals surface area contributed by atoms with Crippen LogP contribution in [0.2, 0.25) is 0 Å². The van der Waals surface area contributed by atoms with Crippen LogP contribution in [0.4, 0.5) is 0 Å². The van der Waals surface area contributed by atoms with E-state index in [2.05, 4.69) is 4.98 Å². The van der Waals surface area contributed by atoms with Crippen molar-refractivity contribution in [2.75, 3.05) is 0 Å². The molecule has 2 N–H and O–H groups in total. The van der Waals surface area contributed by atoms with E-state index in [1.54, 1.807) is 12.5 Å². The van der Waals surface area contributed by atoms with Gasteiger partial charge in [0.05, 0.1) is 35.5 Å². The van der Waals surface area contributed by atoms with Crippen LogP contribution in [-0.2, 0) is 16.1 Å². The number of aliphatic carboxylic acids is 1. The number of β-lactam (4-membered cyclic amide) rings is 1. The molecule has 2 saturated heterocycles. The molecule has 0 unspecified atom stereocenters. The van der Waals surface area contributed by atoms with Gasteiger partial charge in [-0.1, -0.05) is 12.1 Å². The van der Waals surface area contributed by atoms with Gasteiger partial charge in [-0.05, 0) is 32.0 Å². The highest BCUT2D eigenvalue weighted by atomic mass is 32.2. The lowest BCUT2D eigenvalue weighted by molar-refractivity contribution is -0.169. The monoisotopic (exact) mass is 427 g/mol. The minimum absolute atomic E-state index is 0.347. The van der Waals surface area contributed by atoms with Gasteiger partial charge in [0.1, 0.15) is 23.9 Å². The number of benzene rings is 1. The van der Waals surface area contributed by atoms with Crippen LogP contribution in [0.1, 0.15) is 31.3 Å². The Morgan fingerprint density at radius 2 is 2.10 bits per heavy atom. The van der Waals surface area contributed by atoms with Gasteiger partial charge in [0, 0.05) is 10.3 Å². The summed E-state index contributed by atoms with van der Waals surface area (Å²) >= 11 is 1.42. The smallest absolute Gasteiger partial charge is 0.327 e. The summed E-state index contributed by atoms with van der Waals surface area (Å²) in [6.07, 6.45) is 2.07. The molecule has 0 bridgehead atoms. The van der Waals surface area contributed by atoms with Crippen molar-refractivity contribution in [2.24, 2.45) is 5.92 Å². The summed E-state index contributed by atoms with van der Waals surface area (Å²) in [5, 5.41) is 20.5. The Bertz CT molecular complexity index is 1140. The molecule has 0 aliphatic carbocycles. The summed E-state index contributed by atoms with van der Waals surface area (Å²) in [6, 6.07) is 8.48. The van der Waals surface area contributed by atoms with E-state index >= 15 is 0 Å². The number of carbonyl (C=O) groups excluding carboxylic acids is 1. The van der Waals surface area contributed by atoms with Crippen LogP contribution in [0.5, 0.6) is 0 Å². The number of imidazole rings is 1. The van der Waals surface area contributed by atoms with E-state index in [1.165, 1.54) is 16.7 Å². The number of thioether (sulfide) groups is 1. The molecule has 1 amide bonds. The first kappa shape index (κ1) is 19.2. The van der Waals surface area contributed by atoms with Crippen LogP contribution in [0.25, 0.3) is 11.0 Å². The number of rotatable bonds is 5. The number of aliphatic hydroxyl groups excluding tert-OH is 1. The average molecular weight is 427 g/mol. The van der Waals surface area contributed by atoms with Gasteiger partial charge in [0.25, 0.3) is 0 Å². The van der Waals surface area contributed by atoms with E-state index in [-0.39, 0.29) is 5.91 Å². The van der Waals surface area contributed by atoms with E-state index < -0.39 is 34.2 Å². The second-order valence-corrected chi connectivity index (χ2v) is 10.0. The first-order valence-electron chi connectivity index (χ1n) is 9.66. The number of carboxylic acid groups (broad SMARTS) is 1. The Morgan fingerprint density at radius 1 is 1.33 bits per heavy atom. The van der Waals surface area contributed by atoms with E-state index in [9.17, 15) is 19.8 Å². The van der Waals surface area contributed by atoms with E-state index in [1.807, 2.05) is 48.7 Å². The Morgan fingerprint density at radius 3 is 2.80 bits per heavy atom. The average Bonchev–Trinajstić information content (AvgIpc) is 3.38. The third-order valence-electron chi connectivity index (χ3n) is 5.93. The third-order valence-corrected chi connectivity index (χ3v) is 7.52. The number of aromatic nitrogens is 2. The molecule has 156 valence electrons. The van der Waals surface area contributed by atoms with Crippen molar-refractivity contribution >= 4 is 34.7 Å². The normalized spacial score (nSPS) is 25.9. The third kappa shape index (κ3) is 2.69. The minimum atomic E-state index is -1.14. The zero-order chi connectivity index (χ0) is 21.2. The zero-order valence-corrected chi connectivity index (χ0v) is 17.2. The summed E-state index contributed by atoms with van der Waals surface area (Å²) in [5.41, 5.74) is 2.48. The van der Waals surface area contributed by atoms with Gasteiger partial charge in [-0.25, -0.2) is 9.78 Å². The lowest BCUT2D eigenvalue weighted by Gasteiger charge is -2.45. The van der Waals surface area contributed by atoms with Crippen LogP contribution in [0, 0.1) is 5.92 Å². The molecular weight excluding hydrogens is 406 g/mol. The Hall–Kier alpha value is -2.78. The SMILES string of the molecule is CC1(C)S[C@@H]2[C@H]([C@H](O)c3nc4ccccc4n3Cc3ccoc3)C(=O)N2[C@H]1C(=O)O. The van der Waals surface area contributed by atoms with Gasteiger partial charge >= 0.3 is 5.97 Å². The molecule has 2 aliphatic heterocycles. The molecule has 2 aliphatic rings. The largest absolute Gasteiger partial charge is 0.480 e. The molecule has 2 fully saturated rings. The molecule has 0 spiro atoms. The van der Waals surface area contributed by atoms with Crippen molar-refractivity contribution in [1.82, 2.24) is 14.5 Å². The van der Waals surface area contributed by atoms with E-state index in [0.29, 0.717) is 12.4 Å². The quantitative estimate of drug-likeness (QED) is 0.602. The summed E-state index contributed by atoms with van der Waals surface area (Å²) in [7, 11) is 0. The molecule has 4 heterocycles. The maximum atomic E-state index is 12.9. The van der Waals surface area contributed by atoms with E-state index in [4.69, 9.17) is 4.42 Å². The summed E-state index contributed by atoms with van der Waals surface area (Å²) in [4.78, 5) is 30.7. The molecule has 8 nitrogen and oxygen atoms in total. The molecule has 3 aromatic rings. The zero-order valence-electron chi connectivity index (χ0n) is 16.4. The number of para-hydroxylation sites is 2. The minimum Gasteiger partial charge on any atom is -0.480 e. The van der Waals surface area contributed by atoms with Gasteiger partial charge in [0.2, 0.25) is 5.91 Å². The first-order valence-corrected chi connectivity index (χ1v) is 10.5. The number of furan rings is 1. The number of fused-ring (bicyclic) bond motifs is 2. The molecule has 9 heteroatoms. The van der Waals surface area contributed by atoms with Crippen molar-refractivity contribution in [3.8, 4) is 0 Å². The Balaban J connectivity index is 1.52. The molecule has 5 rings (SSSR count). The highest BCUT2D eigenvalue weighted by Gasteiger charge is 2.65. The van der Waals surface area contributed by atoms with Crippen molar-refractivity contribution in [3.63, 3.8) is 0 Å². The van der Waals surface area contributed by atoms with Crippen molar-refractivity contribution in [1.29, 1.82) is 0 Å². The number of hydrogen-bond donors (Lipinski definition) is 2. The lowest BCUT2D eigenvalue weighted by Crippen LogP contribution is -2.64. The fourth-order valence-electron chi connectivity index (χ4n) is 4.54. The first-order chi connectivity index (χ1) is 14.3.